The average Bonchev–Trinajstić information content (AvgIpc) is 2.84. The van der Waals surface area contributed by atoms with E-state index in [2.05, 4.69) is 0 Å². The van der Waals surface area contributed by atoms with Crippen molar-refractivity contribution in [2.75, 3.05) is 24.6 Å². The van der Waals surface area contributed by atoms with Crippen molar-refractivity contribution in [1.29, 1.82) is 0 Å². The molecule has 0 aliphatic carbocycles. The second kappa shape index (κ2) is 5.85. The van der Waals surface area contributed by atoms with Crippen molar-refractivity contribution in [2.45, 2.75) is 25.9 Å². The fraction of sp³-hybridized carbons (Fsp3) is 0.667. The van der Waals surface area contributed by atoms with Crippen molar-refractivity contribution >= 4 is 22.0 Å². The highest BCUT2D eigenvalue weighted by Crippen LogP contribution is 2.41. The molecule has 0 saturated carbocycles. The predicted molar refractivity (Wildman–Crippen MR) is 73.6 cm³/mol. The molecule has 0 aromatic carbocycles. The van der Waals surface area contributed by atoms with Crippen LogP contribution in [0.3, 0.4) is 0 Å². The summed E-state index contributed by atoms with van der Waals surface area (Å²) in [6, 6.07) is 1.45. The van der Waals surface area contributed by atoms with Crippen molar-refractivity contribution in [3.8, 4) is 0 Å². The van der Waals surface area contributed by atoms with Gasteiger partial charge in [-0.3, -0.25) is 10.1 Å². The van der Waals surface area contributed by atoms with Gasteiger partial charge in [0, 0.05) is 30.6 Å². The number of aliphatic hydroxyl groups excluding tert-OH is 2. The molecule has 19 heavy (non-hydrogen) atoms. The standard InChI is InChI=1S/C12H18N2O4S/c1-8(16)11-5-10(14(17)18)12(19-11)13-4-2-3-9(6-13)7-15/h5,8-9,15-16H,2-4,6-7H2,1H3/t8-,9?/m1/s1. The molecule has 0 bridgehead atoms. The zero-order valence-corrected chi connectivity index (χ0v) is 11.6. The number of anilines is 1. The fourth-order valence-corrected chi connectivity index (χ4v) is 3.45. The topological polar surface area (TPSA) is 86.8 Å². The molecule has 2 heterocycles. The third-order valence-electron chi connectivity index (χ3n) is 3.39. The highest BCUT2D eigenvalue weighted by Gasteiger charge is 2.28. The van der Waals surface area contributed by atoms with Gasteiger partial charge in [-0.05, 0) is 25.7 Å². The van der Waals surface area contributed by atoms with Crippen molar-refractivity contribution in [3.63, 3.8) is 0 Å². The minimum atomic E-state index is -0.698. The minimum absolute atomic E-state index is 0.0551. The smallest absolute Gasteiger partial charge is 0.304 e. The van der Waals surface area contributed by atoms with E-state index in [4.69, 9.17) is 0 Å². The van der Waals surface area contributed by atoms with Gasteiger partial charge < -0.3 is 15.1 Å². The van der Waals surface area contributed by atoms with Gasteiger partial charge in [-0.15, -0.1) is 11.3 Å². The predicted octanol–water partition coefficient (Wildman–Crippen LogP) is 1.92. The lowest BCUT2D eigenvalue weighted by Crippen LogP contribution is -2.36. The van der Waals surface area contributed by atoms with Gasteiger partial charge in [-0.1, -0.05) is 0 Å². The molecule has 1 saturated heterocycles. The van der Waals surface area contributed by atoms with Crippen LogP contribution < -0.4 is 4.90 Å². The Kier molecular flexibility index (Phi) is 4.38. The number of rotatable bonds is 4. The number of hydrogen-bond donors (Lipinski definition) is 2. The fourth-order valence-electron chi connectivity index (χ4n) is 2.35. The third kappa shape index (κ3) is 3.05. The first-order chi connectivity index (χ1) is 9.02. The first-order valence-corrected chi connectivity index (χ1v) is 7.16. The van der Waals surface area contributed by atoms with E-state index in [0.29, 0.717) is 16.4 Å². The molecule has 1 aromatic rings. The number of piperidine rings is 1. The van der Waals surface area contributed by atoms with E-state index in [1.807, 2.05) is 4.90 Å². The molecular weight excluding hydrogens is 268 g/mol. The van der Waals surface area contributed by atoms with E-state index in [9.17, 15) is 20.3 Å². The van der Waals surface area contributed by atoms with Crippen LogP contribution in [0.25, 0.3) is 0 Å². The summed E-state index contributed by atoms with van der Waals surface area (Å²) in [5.41, 5.74) is 0.0551. The van der Waals surface area contributed by atoms with Gasteiger partial charge in [0.25, 0.3) is 0 Å². The molecule has 1 unspecified atom stereocenters. The second-order valence-corrected chi connectivity index (χ2v) is 5.97. The molecular formula is C12H18N2O4S. The lowest BCUT2D eigenvalue weighted by atomic mass is 9.99. The average molecular weight is 286 g/mol. The van der Waals surface area contributed by atoms with Crippen LogP contribution in [0, 0.1) is 16.0 Å². The summed E-state index contributed by atoms with van der Waals surface area (Å²) in [4.78, 5) is 13.3. The number of hydrogen-bond acceptors (Lipinski definition) is 6. The third-order valence-corrected chi connectivity index (χ3v) is 4.74. The SMILES string of the molecule is C[C@@H](O)c1cc([N+](=O)[O-])c(N2CCCC(CO)C2)s1. The van der Waals surface area contributed by atoms with Gasteiger partial charge in [0.2, 0.25) is 0 Å². The van der Waals surface area contributed by atoms with Crippen LogP contribution in [-0.4, -0.2) is 34.8 Å². The maximum Gasteiger partial charge on any atom is 0.304 e. The number of nitro groups is 1. The molecule has 106 valence electrons. The van der Waals surface area contributed by atoms with Crippen LogP contribution in [0.2, 0.25) is 0 Å². The Bertz CT molecular complexity index is 461. The van der Waals surface area contributed by atoms with Crippen molar-refractivity contribution in [2.24, 2.45) is 5.92 Å². The summed E-state index contributed by atoms with van der Waals surface area (Å²) < 4.78 is 0. The number of thiophene rings is 1. The van der Waals surface area contributed by atoms with E-state index in [-0.39, 0.29) is 18.2 Å². The maximum atomic E-state index is 11.1. The Morgan fingerprint density at radius 3 is 3.00 bits per heavy atom. The Labute approximate surface area is 115 Å². The summed E-state index contributed by atoms with van der Waals surface area (Å²) in [6.45, 7) is 3.11. The number of nitrogens with zero attached hydrogens (tertiary/aromatic N) is 2. The van der Waals surface area contributed by atoms with E-state index < -0.39 is 11.0 Å². The summed E-state index contributed by atoms with van der Waals surface area (Å²) in [5.74, 6) is 0.172. The van der Waals surface area contributed by atoms with Crippen molar-refractivity contribution < 1.29 is 15.1 Å². The van der Waals surface area contributed by atoms with Crippen LogP contribution in [0.4, 0.5) is 10.7 Å². The second-order valence-electron chi connectivity index (χ2n) is 4.91. The zero-order chi connectivity index (χ0) is 14.0. The van der Waals surface area contributed by atoms with Crippen molar-refractivity contribution in [1.82, 2.24) is 0 Å². The highest BCUT2D eigenvalue weighted by atomic mass is 32.1. The summed E-state index contributed by atoms with van der Waals surface area (Å²) in [5, 5.41) is 30.5. The zero-order valence-electron chi connectivity index (χ0n) is 10.8. The summed E-state index contributed by atoms with van der Waals surface area (Å²) >= 11 is 1.27. The molecule has 1 aliphatic heterocycles. The molecule has 1 fully saturated rings. The van der Waals surface area contributed by atoms with Gasteiger partial charge >= 0.3 is 5.69 Å². The van der Waals surface area contributed by atoms with Gasteiger partial charge in [-0.25, -0.2) is 0 Å². The van der Waals surface area contributed by atoms with Gasteiger partial charge in [-0.2, -0.15) is 0 Å². The van der Waals surface area contributed by atoms with Crippen LogP contribution in [0.15, 0.2) is 6.07 Å². The summed E-state index contributed by atoms with van der Waals surface area (Å²) in [7, 11) is 0. The molecule has 0 amide bonds. The molecule has 6 nitrogen and oxygen atoms in total. The largest absolute Gasteiger partial charge is 0.396 e. The molecule has 0 radical (unpaired) electrons. The number of aliphatic hydroxyl groups is 2. The maximum absolute atomic E-state index is 11.1. The lowest BCUT2D eigenvalue weighted by molar-refractivity contribution is -0.383. The Balaban J connectivity index is 2.29. The van der Waals surface area contributed by atoms with Crippen LogP contribution >= 0.6 is 11.3 Å². The Morgan fingerprint density at radius 1 is 1.68 bits per heavy atom. The molecule has 1 aliphatic rings. The summed E-state index contributed by atoms with van der Waals surface area (Å²) in [6.07, 6.45) is 1.18. The molecule has 2 atom stereocenters. The van der Waals surface area contributed by atoms with Crippen LogP contribution in [0.5, 0.6) is 0 Å². The highest BCUT2D eigenvalue weighted by molar-refractivity contribution is 7.16. The molecule has 1 aromatic heterocycles. The van der Waals surface area contributed by atoms with Crippen molar-refractivity contribution in [3.05, 3.63) is 21.1 Å². The normalized spacial score (nSPS) is 21.4. The first kappa shape index (κ1) is 14.2. The van der Waals surface area contributed by atoms with Gasteiger partial charge in [0.15, 0.2) is 5.00 Å². The molecule has 2 rings (SSSR count). The van der Waals surface area contributed by atoms with E-state index >= 15 is 0 Å². The van der Waals surface area contributed by atoms with Crippen LogP contribution in [0.1, 0.15) is 30.7 Å². The first-order valence-electron chi connectivity index (χ1n) is 6.35. The van der Waals surface area contributed by atoms with Gasteiger partial charge in [0.05, 0.1) is 11.0 Å². The Morgan fingerprint density at radius 2 is 2.42 bits per heavy atom. The molecule has 2 N–H and O–H groups in total. The minimum Gasteiger partial charge on any atom is -0.396 e. The van der Waals surface area contributed by atoms with Crippen LogP contribution in [-0.2, 0) is 0 Å². The van der Waals surface area contributed by atoms with E-state index in [0.717, 1.165) is 19.4 Å². The molecule has 7 heteroatoms. The van der Waals surface area contributed by atoms with E-state index in [1.54, 1.807) is 6.92 Å². The Hall–Kier alpha value is -1.18. The quantitative estimate of drug-likeness (QED) is 0.652. The van der Waals surface area contributed by atoms with Gasteiger partial charge in [0.1, 0.15) is 0 Å². The lowest BCUT2D eigenvalue weighted by Gasteiger charge is -2.32. The van der Waals surface area contributed by atoms with E-state index in [1.165, 1.54) is 17.4 Å². The molecule has 0 spiro atoms. The monoisotopic (exact) mass is 286 g/mol.